The van der Waals surface area contributed by atoms with Crippen LogP contribution in [0.4, 0.5) is 39.6 Å². The Bertz CT molecular complexity index is 3600. The molecule has 4 N–H and O–H groups in total. The van der Waals surface area contributed by atoms with Crippen LogP contribution in [0.15, 0.2) is 86.7 Å². The highest BCUT2D eigenvalue weighted by Gasteiger charge is 2.27. The number of hydrogen-bond donors (Lipinski definition) is 4. The van der Waals surface area contributed by atoms with E-state index < -0.39 is 32.6 Å². The molecule has 0 aliphatic rings. The number of pyridine rings is 1. The fraction of sp³-hybridized carbons (Fsp3) is 0.182. The fourth-order valence-electron chi connectivity index (χ4n) is 7.76. The molecule has 22 heteroatoms. The molecule has 8 rings (SSSR count). The molecular weight excluding hydrogens is 925 g/mol. The second kappa shape index (κ2) is 17.1. The van der Waals surface area contributed by atoms with E-state index in [1.807, 2.05) is 76.8 Å². The van der Waals surface area contributed by atoms with Crippen molar-refractivity contribution in [3.63, 3.8) is 0 Å². The number of nitrogens with zero attached hydrogens (tertiary/aromatic N) is 9. The second-order valence-electron chi connectivity index (χ2n) is 15.6. The van der Waals surface area contributed by atoms with Gasteiger partial charge < -0.3 is 10.4 Å². The molecule has 0 aliphatic carbocycles. The first-order valence-electron chi connectivity index (χ1n) is 19.8. The van der Waals surface area contributed by atoms with Gasteiger partial charge in [-0.2, -0.15) is 31.9 Å². The molecule has 4 heterocycles. The summed E-state index contributed by atoms with van der Waals surface area (Å²) in [6, 6.07) is 19.9. The van der Waals surface area contributed by atoms with Gasteiger partial charge in [-0.25, -0.2) is 15.0 Å². The summed E-state index contributed by atoms with van der Waals surface area (Å²) in [6.07, 6.45) is -0.638. The van der Waals surface area contributed by atoms with Gasteiger partial charge in [-0.15, -0.1) is 10.2 Å². The molecule has 0 radical (unpaired) electrons. The molecule has 8 aromatic rings. The van der Waals surface area contributed by atoms with E-state index in [2.05, 4.69) is 25.6 Å². The number of rotatable bonds is 12. The molecule has 0 bridgehead atoms. The van der Waals surface area contributed by atoms with Crippen molar-refractivity contribution in [3.8, 4) is 11.2 Å². The summed E-state index contributed by atoms with van der Waals surface area (Å²) in [7, 11) is -9.05. The van der Waals surface area contributed by atoms with Crippen LogP contribution >= 0.6 is 22.7 Å². The smallest absolute Gasteiger partial charge is 0.309 e. The zero-order valence-electron chi connectivity index (χ0n) is 36.1. The molecule has 0 spiro atoms. The number of thiazole rings is 2. The van der Waals surface area contributed by atoms with E-state index in [-0.39, 0.29) is 43.5 Å². The molecule has 336 valence electrons. The van der Waals surface area contributed by atoms with Crippen LogP contribution < -0.4 is 10.2 Å². The lowest BCUT2D eigenvalue weighted by Crippen LogP contribution is -2.15. The summed E-state index contributed by atoms with van der Waals surface area (Å²) in [4.78, 5) is 27.9. The van der Waals surface area contributed by atoms with Gasteiger partial charge in [0.25, 0.3) is 20.2 Å². The number of azo groups is 1. The van der Waals surface area contributed by atoms with Crippen LogP contribution in [-0.4, -0.2) is 61.7 Å². The Balaban J connectivity index is 1.36. The summed E-state index contributed by atoms with van der Waals surface area (Å²) in [6.45, 7) is 13.6. The molecule has 0 fully saturated rings. The number of carboxylic acid groups (broad SMARTS) is 1. The monoisotopic (exact) mass is 962 g/mol. The topological polar surface area (TPSA) is 266 Å². The first kappa shape index (κ1) is 45.6. The Kier molecular flexibility index (Phi) is 11.8. The van der Waals surface area contributed by atoms with Crippen molar-refractivity contribution in [1.29, 1.82) is 5.26 Å². The summed E-state index contributed by atoms with van der Waals surface area (Å²) < 4.78 is 69.6. The highest BCUT2D eigenvalue weighted by atomic mass is 32.2. The number of aryl methyl sites for hydroxylation is 7. The average molecular weight is 963 g/mol. The molecule has 0 amide bonds. The third-order valence-electron chi connectivity index (χ3n) is 10.5. The minimum atomic E-state index is -4.55. The van der Waals surface area contributed by atoms with Crippen LogP contribution in [0, 0.1) is 59.8 Å². The minimum absolute atomic E-state index is 0.105. The highest BCUT2D eigenvalue weighted by Crippen LogP contribution is 2.45. The van der Waals surface area contributed by atoms with Crippen molar-refractivity contribution in [3.05, 3.63) is 117 Å². The lowest BCUT2D eigenvalue weighted by Gasteiger charge is -2.27. The Labute approximate surface area is 386 Å². The third kappa shape index (κ3) is 8.86. The maximum Gasteiger partial charge on any atom is 0.309 e. The highest BCUT2D eigenvalue weighted by molar-refractivity contribution is 7.86. The van der Waals surface area contributed by atoms with E-state index in [9.17, 15) is 41.1 Å². The van der Waals surface area contributed by atoms with Crippen LogP contribution in [0.5, 0.6) is 0 Å². The van der Waals surface area contributed by atoms with E-state index in [4.69, 9.17) is 9.97 Å². The number of anilines is 5. The first-order valence-corrected chi connectivity index (χ1v) is 24.3. The average Bonchev–Trinajstić information content (AvgIpc) is 3.93. The Morgan fingerprint density at radius 3 is 1.88 bits per heavy atom. The van der Waals surface area contributed by atoms with Gasteiger partial charge in [-0.05, 0) is 119 Å². The standard InChI is InChI=1S/C44H38N10O8S4/c1-21-12-23(3)38(24(4)13-21)49-41-39(50-51-42-30(20-45)33(19-37(55)56)52-54(42)44-47-32-11-9-29(66(60,61)62)18-35(32)64-44)25(5)16-36(48-41)53(40-26(6)14-22(2)15-27(40)7)43-46-31-10-8-28(65(57,58)59)17-34(31)63-43/h8-18H,19H2,1-7H3,(H,48,49)(H,55,56)(H,57,58,59)(H,60,61,62). The summed E-state index contributed by atoms with van der Waals surface area (Å²) in [5.74, 6) is -0.792. The van der Waals surface area contributed by atoms with Crippen LogP contribution in [-0.2, 0) is 31.5 Å². The normalized spacial score (nSPS) is 12.1. The van der Waals surface area contributed by atoms with Crippen molar-refractivity contribution in [2.75, 3.05) is 10.2 Å². The second-order valence-corrected chi connectivity index (χ2v) is 20.5. The lowest BCUT2D eigenvalue weighted by atomic mass is 10.0. The van der Waals surface area contributed by atoms with Gasteiger partial charge in [0.1, 0.15) is 23.1 Å². The number of hydrogen-bond acceptors (Lipinski definition) is 16. The fourth-order valence-corrected chi connectivity index (χ4v) is 10.9. The largest absolute Gasteiger partial charge is 0.481 e. The molecule has 0 saturated carbocycles. The van der Waals surface area contributed by atoms with Crippen LogP contribution in [0.1, 0.15) is 50.2 Å². The van der Waals surface area contributed by atoms with Crippen LogP contribution in [0.2, 0.25) is 0 Å². The number of carbonyl (C=O) groups is 1. The summed E-state index contributed by atoms with van der Waals surface area (Å²) >= 11 is 2.17. The van der Waals surface area contributed by atoms with Crippen molar-refractivity contribution in [2.24, 2.45) is 10.2 Å². The van der Waals surface area contributed by atoms with Gasteiger partial charge in [0.05, 0.1) is 48.0 Å². The van der Waals surface area contributed by atoms with Gasteiger partial charge in [0, 0.05) is 5.69 Å². The Morgan fingerprint density at radius 1 is 0.758 bits per heavy atom. The van der Waals surface area contributed by atoms with Gasteiger partial charge in [0.15, 0.2) is 16.8 Å². The summed E-state index contributed by atoms with van der Waals surface area (Å²) in [5.41, 5.74) is 8.45. The van der Waals surface area contributed by atoms with Crippen molar-refractivity contribution in [2.45, 2.75) is 64.7 Å². The zero-order chi connectivity index (χ0) is 47.6. The maximum atomic E-state index is 12.1. The Morgan fingerprint density at radius 2 is 1.32 bits per heavy atom. The maximum absolute atomic E-state index is 12.1. The molecule has 0 unspecified atom stereocenters. The SMILES string of the molecule is Cc1cc(C)c(Nc2nc(N(c3nc4ccc(S(=O)(=O)O)cc4s3)c3c(C)cc(C)cc3C)cc(C)c2N=Nc2c(C#N)c(CC(=O)O)nn2-c2nc3ccc(S(=O)(=O)O)cc3s2)c(C)c1. The number of aromatic nitrogens is 5. The van der Waals surface area contributed by atoms with Gasteiger partial charge >= 0.3 is 5.97 Å². The van der Waals surface area contributed by atoms with E-state index >= 15 is 0 Å². The first-order chi connectivity index (χ1) is 31.1. The molecule has 0 saturated heterocycles. The summed E-state index contributed by atoms with van der Waals surface area (Å²) in [5, 5.41) is 37.9. The number of fused-ring (bicyclic) bond motifs is 2. The van der Waals surface area contributed by atoms with Crippen LogP contribution in [0.25, 0.3) is 25.6 Å². The van der Waals surface area contributed by atoms with Gasteiger partial charge in [0.2, 0.25) is 5.13 Å². The molecule has 4 aromatic heterocycles. The quantitative estimate of drug-likeness (QED) is 0.0655. The molecule has 4 aromatic carbocycles. The van der Waals surface area contributed by atoms with Crippen molar-refractivity contribution < 1.29 is 35.8 Å². The molecule has 0 atom stereocenters. The van der Waals surface area contributed by atoms with E-state index in [0.717, 1.165) is 56.1 Å². The predicted octanol–water partition coefficient (Wildman–Crippen LogP) is 10.3. The lowest BCUT2D eigenvalue weighted by molar-refractivity contribution is -0.136. The molecular formula is C44H38N10O8S4. The zero-order valence-corrected chi connectivity index (χ0v) is 39.4. The molecule has 66 heavy (non-hydrogen) atoms. The van der Waals surface area contributed by atoms with Gasteiger partial charge in [-0.1, -0.05) is 58.1 Å². The van der Waals surface area contributed by atoms with Crippen LogP contribution in [0.3, 0.4) is 0 Å². The van der Waals surface area contributed by atoms with Crippen molar-refractivity contribution >= 4 is 109 Å². The minimum Gasteiger partial charge on any atom is -0.481 e. The van der Waals surface area contributed by atoms with E-state index in [0.29, 0.717) is 36.9 Å². The third-order valence-corrected chi connectivity index (χ3v) is 14.1. The predicted molar refractivity (Wildman–Crippen MR) is 252 cm³/mol. The number of carboxylic acids is 1. The van der Waals surface area contributed by atoms with E-state index in [1.54, 1.807) is 13.0 Å². The van der Waals surface area contributed by atoms with Crippen molar-refractivity contribution in [1.82, 2.24) is 24.7 Å². The Hall–Kier alpha value is -7.00. The molecule has 0 aliphatic heterocycles. The number of benzene rings is 4. The molecule has 18 nitrogen and oxygen atoms in total. The number of aliphatic carboxylic acids is 1. The van der Waals surface area contributed by atoms with E-state index in [1.165, 1.54) is 52.4 Å². The number of nitrogens with one attached hydrogen (secondary N) is 1. The van der Waals surface area contributed by atoms with Gasteiger partial charge in [-0.3, -0.25) is 18.8 Å². The number of nitriles is 1.